The molecule has 1 N–H and O–H groups in total. The third-order valence-corrected chi connectivity index (χ3v) is 6.99. The number of hydrogen-bond donors (Lipinski definition) is 1. The number of anilines is 3. The van der Waals surface area contributed by atoms with Gasteiger partial charge in [0.1, 0.15) is 5.54 Å². The summed E-state index contributed by atoms with van der Waals surface area (Å²) in [5, 5.41) is 2.94. The monoisotopic (exact) mass is 461 g/mol. The molecule has 0 atom stereocenters. The number of nitrogens with one attached hydrogen (secondary N) is 1. The first-order valence-corrected chi connectivity index (χ1v) is 11.8. The van der Waals surface area contributed by atoms with E-state index in [4.69, 9.17) is 4.74 Å². The van der Waals surface area contributed by atoms with Crippen molar-refractivity contribution in [1.29, 1.82) is 0 Å². The first-order chi connectivity index (χ1) is 16.5. The quantitative estimate of drug-likeness (QED) is 0.701. The predicted octanol–water partition coefficient (Wildman–Crippen LogP) is 3.66. The molecular formula is C26H27N3O5. The minimum Gasteiger partial charge on any atom is -0.452 e. The van der Waals surface area contributed by atoms with Crippen molar-refractivity contribution < 1.29 is 23.9 Å². The van der Waals surface area contributed by atoms with Gasteiger partial charge in [0, 0.05) is 18.7 Å². The maximum Gasteiger partial charge on any atom is 0.338 e. The van der Waals surface area contributed by atoms with Crippen LogP contribution in [0.15, 0.2) is 48.5 Å². The number of ether oxygens (including phenoxy) is 1. The second-order valence-corrected chi connectivity index (χ2v) is 9.06. The molecule has 3 amide bonds. The van der Waals surface area contributed by atoms with E-state index in [9.17, 15) is 19.2 Å². The van der Waals surface area contributed by atoms with Gasteiger partial charge in [0.15, 0.2) is 6.61 Å². The summed E-state index contributed by atoms with van der Waals surface area (Å²) in [7, 11) is 0. The molecule has 2 aromatic rings. The lowest BCUT2D eigenvalue weighted by Crippen LogP contribution is -2.61. The number of carbonyl (C=O) groups is 4. The van der Waals surface area contributed by atoms with Crippen molar-refractivity contribution in [3.05, 3.63) is 54.1 Å². The molecule has 2 aliphatic heterocycles. The van der Waals surface area contributed by atoms with Crippen LogP contribution in [0.2, 0.25) is 0 Å². The molecule has 0 radical (unpaired) electrons. The fraction of sp³-hybridized carbons (Fsp3) is 0.385. The molecule has 3 aliphatic rings. The zero-order valence-corrected chi connectivity index (χ0v) is 18.9. The van der Waals surface area contributed by atoms with E-state index in [1.54, 1.807) is 47.4 Å². The largest absolute Gasteiger partial charge is 0.452 e. The average Bonchev–Trinajstić information content (AvgIpc) is 3.34. The standard InChI is InChI=1S/C26H27N3O5/c30-22-9-3-6-16-28(22)19-12-10-18(11-13-19)24(32)34-17-23(31)29-21-8-2-1-7-20(21)27-25(33)26(29)14-4-5-15-26/h1-2,7-8,10-13H,3-6,9,14-17H2,(H,27,33). The van der Waals surface area contributed by atoms with Crippen LogP contribution in [0.1, 0.15) is 55.3 Å². The van der Waals surface area contributed by atoms with Crippen molar-refractivity contribution in [3.8, 4) is 0 Å². The first-order valence-electron chi connectivity index (χ1n) is 11.8. The van der Waals surface area contributed by atoms with Crippen molar-refractivity contribution in [1.82, 2.24) is 0 Å². The number of benzene rings is 2. The highest BCUT2D eigenvalue weighted by Crippen LogP contribution is 2.45. The lowest BCUT2D eigenvalue weighted by Gasteiger charge is -2.44. The van der Waals surface area contributed by atoms with Gasteiger partial charge in [0.2, 0.25) is 5.91 Å². The Morgan fingerprint density at radius 1 is 0.941 bits per heavy atom. The molecule has 1 aliphatic carbocycles. The Morgan fingerprint density at radius 3 is 2.41 bits per heavy atom. The number of esters is 1. The summed E-state index contributed by atoms with van der Waals surface area (Å²) >= 11 is 0. The highest BCUT2D eigenvalue weighted by molar-refractivity contribution is 6.15. The number of fused-ring (bicyclic) bond motifs is 1. The zero-order valence-electron chi connectivity index (χ0n) is 18.9. The second-order valence-electron chi connectivity index (χ2n) is 9.06. The molecule has 2 heterocycles. The van der Waals surface area contributed by atoms with Gasteiger partial charge in [0.25, 0.3) is 11.8 Å². The SMILES string of the molecule is O=C(OCC(=O)N1c2ccccc2NC(=O)C12CCCC2)c1ccc(N2CCCCC2=O)cc1. The maximum absolute atomic E-state index is 13.3. The Hall–Kier alpha value is -3.68. The van der Waals surface area contributed by atoms with E-state index >= 15 is 0 Å². The Balaban J connectivity index is 1.30. The number of hydrogen-bond acceptors (Lipinski definition) is 5. The third-order valence-electron chi connectivity index (χ3n) is 6.99. The van der Waals surface area contributed by atoms with Gasteiger partial charge in [-0.25, -0.2) is 4.79 Å². The molecule has 34 heavy (non-hydrogen) atoms. The smallest absolute Gasteiger partial charge is 0.338 e. The summed E-state index contributed by atoms with van der Waals surface area (Å²) in [6.45, 7) is 0.207. The normalized spacial score (nSPS) is 19.1. The fourth-order valence-corrected chi connectivity index (χ4v) is 5.26. The van der Waals surface area contributed by atoms with Gasteiger partial charge in [-0.15, -0.1) is 0 Å². The first kappa shape index (κ1) is 22.1. The number of para-hydroxylation sites is 2. The predicted molar refractivity (Wildman–Crippen MR) is 127 cm³/mol. The van der Waals surface area contributed by atoms with E-state index in [0.717, 1.165) is 31.4 Å². The molecule has 8 heteroatoms. The molecule has 2 aromatic carbocycles. The van der Waals surface area contributed by atoms with Crippen molar-refractivity contribution >= 4 is 40.8 Å². The highest BCUT2D eigenvalue weighted by atomic mass is 16.5. The number of rotatable bonds is 4. The van der Waals surface area contributed by atoms with Crippen molar-refractivity contribution in [2.75, 3.05) is 28.3 Å². The van der Waals surface area contributed by atoms with Crippen molar-refractivity contribution in [2.24, 2.45) is 0 Å². The molecule has 1 spiro atoms. The van der Waals surface area contributed by atoms with Gasteiger partial charge >= 0.3 is 5.97 Å². The molecule has 176 valence electrons. The number of carbonyl (C=O) groups excluding carboxylic acids is 4. The van der Waals surface area contributed by atoms with Crippen LogP contribution in [0.4, 0.5) is 17.1 Å². The van der Waals surface area contributed by atoms with E-state index in [1.807, 2.05) is 6.07 Å². The van der Waals surface area contributed by atoms with E-state index in [1.165, 1.54) is 4.90 Å². The second kappa shape index (κ2) is 8.93. The lowest BCUT2D eigenvalue weighted by molar-refractivity contribution is -0.129. The van der Waals surface area contributed by atoms with Gasteiger partial charge in [-0.2, -0.15) is 0 Å². The molecule has 0 bridgehead atoms. The van der Waals surface area contributed by atoms with Crippen LogP contribution >= 0.6 is 0 Å². The number of nitrogens with zero attached hydrogens (tertiary/aromatic N) is 2. The minimum atomic E-state index is -0.944. The highest BCUT2D eigenvalue weighted by Gasteiger charge is 2.52. The maximum atomic E-state index is 13.3. The van der Waals surface area contributed by atoms with E-state index in [-0.39, 0.29) is 11.8 Å². The molecule has 0 unspecified atom stereocenters. The Bertz CT molecular complexity index is 1140. The van der Waals surface area contributed by atoms with Crippen LogP contribution < -0.4 is 15.1 Å². The van der Waals surface area contributed by atoms with Gasteiger partial charge < -0.3 is 15.0 Å². The minimum absolute atomic E-state index is 0.0823. The van der Waals surface area contributed by atoms with E-state index in [0.29, 0.717) is 42.7 Å². The summed E-state index contributed by atoms with van der Waals surface area (Å²) < 4.78 is 5.36. The Labute approximate surface area is 197 Å². The van der Waals surface area contributed by atoms with Crippen molar-refractivity contribution in [2.45, 2.75) is 50.5 Å². The van der Waals surface area contributed by atoms with Crippen LogP contribution in [0.5, 0.6) is 0 Å². The fourth-order valence-electron chi connectivity index (χ4n) is 5.26. The van der Waals surface area contributed by atoms with E-state index < -0.39 is 24.0 Å². The molecule has 8 nitrogen and oxygen atoms in total. The molecular weight excluding hydrogens is 434 g/mol. The molecule has 5 rings (SSSR count). The topological polar surface area (TPSA) is 96.0 Å². The number of piperidine rings is 1. The van der Waals surface area contributed by atoms with E-state index in [2.05, 4.69) is 5.32 Å². The van der Waals surface area contributed by atoms with Crippen LogP contribution in [-0.4, -0.2) is 42.4 Å². The van der Waals surface area contributed by atoms with Crippen LogP contribution in [0, 0.1) is 0 Å². The average molecular weight is 462 g/mol. The zero-order chi connectivity index (χ0) is 23.7. The molecule has 0 aromatic heterocycles. The summed E-state index contributed by atoms with van der Waals surface area (Å²) in [6, 6.07) is 13.8. The van der Waals surface area contributed by atoms with Gasteiger partial charge in [-0.3, -0.25) is 19.3 Å². The summed E-state index contributed by atoms with van der Waals surface area (Å²) in [6.07, 6.45) is 5.24. The lowest BCUT2D eigenvalue weighted by atomic mass is 9.90. The van der Waals surface area contributed by atoms with Crippen LogP contribution in [-0.2, 0) is 19.1 Å². The summed E-state index contributed by atoms with van der Waals surface area (Å²) in [4.78, 5) is 54.4. The Kier molecular flexibility index (Phi) is 5.81. The van der Waals surface area contributed by atoms with Gasteiger partial charge in [0.05, 0.1) is 16.9 Å². The summed E-state index contributed by atoms with van der Waals surface area (Å²) in [5.41, 5.74) is 1.30. The number of amides is 3. The van der Waals surface area contributed by atoms with Gasteiger partial charge in [-0.1, -0.05) is 25.0 Å². The molecule has 1 saturated heterocycles. The summed E-state index contributed by atoms with van der Waals surface area (Å²) in [5.74, 6) is -1.15. The van der Waals surface area contributed by atoms with Crippen LogP contribution in [0.25, 0.3) is 0 Å². The molecule has 2 fully saturated rings. The van der Waals surface area contributed by atoms with Crippen LogP contribution in [0.3, 0.4) is 0 Å². The third kappa shape index (κ3) is 3.83. The molecule has 1 saturated carbocycles. The Morgan fingerprint density at radius 2 is 1.68 bits per heavy atom. The van der Waals surface area contributed by atoms with Crippen molar-refractivity contribution in [3.63, 3.8) is 0 Å². The van der Waals surface area contributed by atoms with Gasteiger partial charge in [-0.05, 0) is 62.1 Å².